The molecule has 1 N–H and O–H groups in total. The van der Waals surface area contributed by atoms with Gasteiger partial charge in [-0.2, -0.15) is 0 Å². The number of aromatic nitrogens is 1. The van der Waals surface area contributed by atoms with Gasteiger partial charge in [0.25, 0.3) is 0 Å². The van der Waals surface area contributed by atoms with Gasteiger partial charge in [0, 0.05) is 35.1 Å². The molecule has 4 nitrogen and oxygen atoms in total. The van der Waals surface area contributed by atoms with E-state index in [1.807, 2.05) is 54.3 Å². The van der Waals surface area contributed by atoms with Crippen molar-refractivity contribution in [2.24, 2.45) is 0 Å². The summed E-state index contributed by atoms with van der Waals surface area (Å²) < 4.78 is 3.26. The molecule has 0 saturated carbocycles. The van der Waals surface area contributed by atoms with Gasteiger partial charge in [0.05, 0.1) is 6.04 Å². The van der Waals surface area contributed by atoms with Crippen LogP contribution in [-0.2, 0) is 6.54 Å². The van der Waals surface area contributed by atoms with Crippen molar-refractivity contribution in [3.63, 3.8) is 0 Å². The summed E-state index contributed by atoms with van der Waals surface area (Å²) >= 11 is 3.49. The molecular formula is C21H20BrN3O. The Bertz CT molecular complexity index is 915. The molecule has 0 unspecified atom stereocenters. The highest BCUT2D eigenvalue weighted by molar-refractivity contribution is 9.10. The third-order valence-corrected chi connectivity index (χ3v) is 5.32. The number of amides is 2. The van der Waals surface area contributed by atoms with Gasteiger partial charge in [0.2, 0.25) is 0 Å². The minimum atomic E-state index is -0.0997. The van der Waals surface area contributed by atoms with Crippen molar-refractivity contribution in [3.05, 3.63) is 88.2 Å². The number of carbonyl (C=O) groups is 1. The molecule has 2 amide bonds. The second kappa shape index (κ2) is 7.00. The first-order chi connectivity index (χ1) is 12.6. The first-order valence-corrected chi connectivity index (χ1v) is 9.46. The molecule has 2 heterocycles. The van der Waals surface area contributed by atoms with E-state index < -0.39 is 0 Å². The Balaban J connectivity index is 1.66. The van der Waals surface area contributed by atoms with Gasteiger partial charge in [-0.1, -0.05) is 45.8 Å². The van der Waals surface area contributed by atoms with Crippen LogP contribution in [-0.4, -0.2) is 22.0 Å². The van der Waals surface area contributed by atoms with E-state index in [0.29, 0.717) is 6.54 Å². The molecule has 0 aliphatic carbocycles. The molecular weight excluding hydrogens is 390 g/mol. The highest BCUT2D eigenvalue weighted by Gasteiger charge is 2.32. The molecule has 3 aromatic rings. The molecule has 0 bridgehead atoms. The summed E-state index contributed by atoms with van der Waals surface area (Å²) in [6.45, 7) is 3.50. The Morgan fingerprint density at radius 1 is 1.04 bits per heavy atom. The second-order valence-electron chi connectivity index (χ2n) is 6.57. The number of carbonyl (C=O) groups excluding carboxylic acids is 1. The zero-order valence-electron chi connectivity index (χ0n) is 14.5. The second-order valence-corrected chi connectivity index (χ2v) is 7.49. The predicted octanol–water partition coefficient (Wildman–Crippen LogP) is 5.20. The van der Waals surface area contributed by atoms with Gasteiger partial charge in [0.1, 0.15) is 0 Å². The number of urea groups is 1. The van der Waals surface area contributed by atoms with Crippen LogP contribution in [0.4, 0.5) is 10.5 Å². The van der Waals surface area contributed by atoms with Crippen LogP contribution < -0.4 is 5.32 Å². The number of nitrogens with zero attached hydrogens (tertiary/aromatic N) is 2. The van der Waals surface area contributed by atoms with E-state index in [1.165, 1.54) is 5.56 Å². The Hall–Kier alpha value is -2.53. The molecule has 0 radical (unpaired) electrons. The number of nitrogens with one attached hydrogen (secondary N) is 1. The fourth-order valence-corrected chi connectivity index (χ4v) is 3.69. The van der Waals surface area contributed by atoms with Crippen LogP contribution in [0.3, 0.4) is 0 Å². The third-order valence-electron chi connectivity index (χ3n) is 4.79. The minimum Gasteiger partial charge on any atom is -0.348 e. The number of fused-ring (bicyclic) bond motifs is 1. The lowest BCUT2D eigenvalue weighted by Gasteiger charge is -2.37. The van der Waals surface area contributed by atoms with Crippen molar-refractivity contribution in [2.45, 2.75) is 19.5 Å². The molecule has 1 aliphatic rings. The lowest BCUT2D eigenvalue weighted by atomic mass is 10.0. The summed E-state index contributed by atoms with van der Waals surface area (Å²) in [6.07, 6.45) is 2.08. The van der Waals surface area contributed by atoms with Gasteiger partial charge in [0.15, 0.2) is 0 Å². The highest BCUT2D eigenvalue weighted by atomic mass is 79.9. The van der Waals surface area contributed by atoms with Gasteiger partial charge >= 0.3 is 6.03 Å². The Morgan fingerprint density at radius 3 is 2.50 bits per heavy atom. The Kier molecular flexibility index (Phi) is 4.55. The smallest absolute Gasteiger partial charge is 0.322 e. The van der Waals surface area contributed by atoms with Crippen molar-refractivity contribution >= 4 is 27.6 Å². The average molecular weight is 410 g/mol. The lowest BCUT2D eigenvalue weighted by Crippen LogP contribution is -2.44. The number of anilines is 1. The van der Waals surface area contributed by atoms with Crippen molar-refractivity contribution in [2.75, 3.05) is 11.9 Å². The normalized spacial score (nSPS) is 16.2. The molecule has 0 spiro atoms. The number of hydrogen-bond donors (Lipinski definition) is 1. The van der Waals surface area contributed by atoms with Crippen molar-refractivity contribution in [1.29, 1.82) is 0 Å². The highest BCUT2D eigenvalue weighted by Crippen LogP contribution is 2.33. The SMILES string of the molecule is Cc1ccc(NC(=O)N2CCn3cccc3[C@H]2c2ccc(Br)cc2)cc1. The van der Waals surface area contributed by atoms with E-state index in [2.05, 4.69) is 50.2 Å². The van der Waals surface area contributed by atoms with Crippen LogP contribution in [0.5, 0.6) is 0 Å². The Morgan fingerprint density at radius 2 is 1.77 bits per heavy atom. The predicted molar refractivity (Wildman–Crippen MR) is 107 cm³/mol. The molecule has 5 heteroatoms. The van der Waals surface area contributed by atoms with E-state index >= 15 is 0 Å². The maximum absolute atomic E-state index is 13.0. The summed E-state index contributed by atoms with van der Waals surface area (Å²) in [5, 5.41) is 3.04. The number of halogens is 1. The maximum atomic E-state index is 13.0. The van der Waals surface area contributed by atoms with Crippen molar-refractivity contribution in [3.8, 4) is 0 Å². The molecule has 2 aromatic carbocycles. The van der Waals surface area contributed by atoms with E-state index in [0.717, 1.165) is 28.0 Å². The summed E-state index contributed by atoms with van der Waals surface area (Å²) in [7, 11) is 0. The van der Waals surface area contributed by atoms with Crippen LogP contribution >= 0.6 is 15.9 Å². The summed E-state index contributed by atoms with van der Waals surface area (Å²) in [5.41, 5.74) is 4.23. The molecule has 0 fully saturated rings. The van der Waals surface area contributed by atoms with E-state index in [4.69, 9.17) is 0 Å². The number of rotatable bonds is 2. The molecule has 1 aliphatic heterocycles. The van der Waals surface area contributed by atoms with Gasteiger partial charge in [-0.25, -0.2) is 4.79 Å². The van der Waals surface area contributed by atoms with Gasteiger partial charge in [-0.05, 0) is 48.9 Å². The quantitative estimate of drug-likeness (QED) is 0.620. The van der Waals surface area contributed by atoms with Crippen LogP contribution in [0.1, 0.15) is 22.9 Å². The fourth-order valence-electron chi connectivity index (χ4n) is 3.43. The van der Waals surface area contributed by atoms with E-state index in [1.54, 1.807) is 0 Å². The zero-order chi connectivity index (χ0) is 18.1. The molecule has 26 heavy (non-hydrogen) atoms. The van der Waals surface area contributed by atoms with Crippen LogP contribution in [0.2, 0.25) is 0 Å². The van der Waals surface area contributed by atoms with Crippen molar-refractivity contribution < 1.29 is 4.79 Å². The van der Waals surface area contributed by atoms with E-state index in [9.17, 15) is 4.79 Å². The molecule has 0 saturated heterocycles. The number of aryl methyl sites for hydroxylation is 1. The Labute approximate surface area is 161 Å². The summed E-state index contributed by atoms with van der Waals surface area (Å²) in [5.74, 6) is 0. The molecule has 1 atom stereocenters. The standard InChI is InChI=1S/C21H20BrN3O/c1-15-4-10-18(11-5-15)23-21(26)25-14-13-24-12-2-3-19(24)20(25)16-6-8-17(22)9-7-16/h2-12,20H,13-14H2,1H3,(H,23,26)/t20-/m1/s1. The third kappa shape index (κ3) is 3.27. The maximum Gasteiger partial charge on any atom is 0.322 e. The largest absolute Gasteiger partial charge is 0.348 e. The summed E-state index contributed by atoms with van der Waals surface area (Å²) in [6, 6.07) is 20.0. The molecule has 132 valence electrons. The minimum absolute atomic E-state index is 0.0748. The lowest BCUT2D eigenvalue weighted by molar-refractivity contribution is 0.182. The van der Waals surface area contributed by atoms with Crippen LogP contribution in [0.25, 0.3) is 0 Å². The average Bonchev–Trinajstić information content (AvgIpc) is 3.12. The first kappa shape index (κ1) is 16.9. The monoisotopic (exact) mass is 409 g/mol. The number of hydrogen-bond acceptors (Lipinski definition) is 1. The zero-order valence-corrected chi connectivity index (χ0v) is 16.1. The van der Waals surface area contributed by atoms with Gasteiger partial charge in [-0.3, -0.25) is 0 Å². The number of benzene rings is 2. The molecule has 1 aromatic heterocycles. The van der Waals surface area contributed by atoms with Crippen LogP contribution in [0, 0.1) is 6.92 Å². The molecule has 4 rings (SSSR count). The van der Waals surface area contributed by atoms with E-state index in [-0.39, 0.29) is 12.1 Å². The topological polar surface area (TPSA) is 37.3 Å². The van der Waals surface area contributed by atoms with Gasteiger partial charge < -0.3 is 14.8 Å². The summed E-state index contributed by atoms with van der Waals surface area (Å²) in [4.78, 5) is 14.9. The van der Waals surface area contributed by atoms with Crippen molar-refractivity contribution in [1.82, 2.24) is 9.47 Å². The fraction of sp³-hybridized carbons (Fsp3) is 0.190. The van der Waals surface area contributed by atoms with Crippen LogP contribution in [0.15, 0.2) is 71.3 Å². The first-order valence-electron chi connectivity index (χ1n) is 8.66. The van der Waals surface area contributed by atoms with Gasteiger partial charge in [-0.15, -0.1) is 0 Å².